The lowest BCUT2D eigenvalue weighted by atomic mass is 10.1. The molecular formula is C14H18N2O3. The van der Waals surface area contributed by atoms with E-state index in [1.165, 1.54) is 6.07 Å². The van der Waals surface area contributed by atoms with Crippen molar-refractivity contribution in [2.45, 2.75) is 33.4 Å². The van der Waals surface area contributed by atoms with Gasteiger partial charge in [0.15, 0.2) is 0 Å². The Morgan fingerprint density at radius 2 is 1.84 bits per heavy atom. The first kappa shape index (κ1) is 13.4. The molecule has 5 heteroatoms. The van der Waals surface area contributed by atoms with Crippen LogP contribution in [0.5, 0.6) is 11.5 Å². The van der Waals surface area contributed by atoms with E-state index < -0.39 is 0 Å². The molecule has 0 saturated carbocycles. The first-order valence-electron chi connectivity index (χ1n) is 6.15. The predicted molar refractivity (Wildman–Crippen MR) is 71.0 cm³/mol. The van der Waals surface area contributed by atoms with Gasteiger partial charge < -0.3 is 19.9 Å². The van der Waals surface area contributed by atoms with Crippen molar-refractivity contribution in [1.82, 2.24) is 10.3 Å². The molecule has 0 amide bonds. The number of phenolic OH excluding ortho intramolecular Hbond substituents is 2. The predicted octanol–water partition coefficient (Wildman–Crippen LogP) is 2.55. The van der Waals surface area contributed by atoms with E-state index in [9.17, 15) is 10.2 Å². The van der Waals surface area contributed by atoms with Gasteiger partial charge in [-0.2, -0.15) is 0 Å². The number of aromatic nitrogens is 1. The van der Waals surface area contributed by atoms with Crippen molar-refractivity contribution in [3.8, 4) is 11.5 Å². The number of hydrogen-bond donors (Lipinski definition) is 3. The van der Waals surface area contributed by atoms with Crippen molar-refractivity contribution in [3.05, 3.63) is 41.1 Å². The Bertz CT molecular complexity index is 538. The zero-order chi connectivity index (χ0) is 14.0. The summed E-state index contributed by atoms with van der Waals surface area (Å²) in [7, 11) is 0. The van der Waals surface area contributed by atoms with Crippen LogP contribution >= 0.6 is 0 Å². The molecule has 0 bridgehead atoms. The fourth-order valence-electron chi connectivity index (χ4n) is 1.84. The fourth-order valence-corrected chi connectivity index (χ4v) is 1.84. The van der Waals surface area contributed by atoms with Crippen molar-refractivity contribution >= 4 is 0 Å². The third-order valence-corrected chi connectivity index (χ3v) is 3.06. The van der Waals surface area contributed by atoms with Crippen LogP contribution in [-0.2, 0) is 6.54 Å². The molecule has 1 atom stereocenters. The molecule has 2 rings (SSSR count). The molecule has 0 radical (unpaired) electrons. The lowest BCUT2D eigenvalue weighted by Gasteiger charge is -2.13. The summed E-state index contributed by atoms with van der Waals surface area (Å²) in [5.41, 5.74) is 1.69. The van der Waals surface area contributed by atoms with Crippen LogP contribution in [0.2, 0.25) is 0 Å². The van der Waals surface area contributed by atoms with Crippen LogP contribution in [0.3, 0.4) is 0 Å². The van der Waals surface area contributed by atoms with Crippen molar-refractivity contribution in [1.29, 1.82) is 0 Å². The van der Waals surface area contributed by atoms with E-state index in [0.717, 1.165) is 17.0 Å². The van der Waals surface area contributed by atoms with Gasteiger partial charge in [-0.25, -0.2) is 4.98 Å². The molecule has 0 spiro atoms. The van der Waals surface area contributed by atoms with Crippen molar-refractivity contribution in [2.75, 3.05) is 0 Å². The maximum atomic E-state index is 9.45. The van der Waals surface area contributed by atoms with Crippen LogP contribution in [0.15, 0.2) is 22.6 Å². The normalized spacial score (nSPS) is 12.6. The van der Waals surface area contributed by atoms with Gasteiger partial charge in [0.05, 0.1) is 12.2 Å². The minimum Gasteiger partial charge on any atom is -0.508 e. The third kappa shape index (κ3) is 3.26. The molecule has 1 aromatic carbocycles. The van der Waals surface area contributed by atoms with E-state index in [0.29, 0.717) is 12.4 Å². The molecule has 1 heterocycles. The van der Waals surface area contributed by atoms with Gasteiger partial charge >= 0.3 is 0 Å². The van der Waals surface area contributed by atoms with Crippen LogP contribution in [-0.4, -0.2) is 15.2 Å². The second-order valence-electron chi connectivity index (χ2n) is 4.63. The largest absolute Gasteiger partial charge is 0.508 e. The number of aromatic hydroxyl groups is 2. The average Bonchev–Trinajstić information content (AvgIpc) is 2.64. The number of hydrogen-bond acceptors (Lipinski definition) is 5. The molecule has 5 nitrogen and oxygen atoms in total. The Morgan fingerprint density at radius 1 is 1.21 bits per heavy atom. The van der Waals surface area contributed by atoms with E-state index in [1.54, 1.807) is 12.1 Å². The van der Waals surface area contributed by atoms with Crippen LogP contribution in [0.1, 0.15) is 35.9 Å². The van der Waals surface area contributed by atoms with Crippen molar-refractivity contribution in [3.63, 3.8) is 0 Å². The second kappa shape index (κ2) is 5.32. The number of aryl methyl sites for hydroxylation is 2. The summed E-state index contributed by atoms with van der Waals surface area (Å²) in [6, 6.07) is 4.50. The topological polar surface area (TPSA) is 78.5 Å². The van der Waals surface area contributed by atoms with E-state index >= 15 is 0 Å². The Balaban J connectivity index is 2.02. The highest BCUT2D eigenvalue weighted by atomic mass is 16.4. The zero-order valence-corrected chi connectivity index (χ0v) is 11.3. The average molecular weight is 262 g/mol. The molecule has 0 aliphatic carbocycles. The fraction of sp³-hybridized carbons (Fsp3) is 0.357. The molecule has 0 fully saturated rings. The van der Waals surface area contributed by atoms with Crippen LogP contribution in [0, 0.1) is 13.8 Å². The van der Waals surface area contributed by atoms with Gasteiger partial charge in [-0.05, 0) is 38.5 Å². The number of phenols is 2. The first-order valence-corrected chi connectivity index (χ1v) is 6.15. The lowest BCUT2D eigenvalue weighted by Crippen LogP contribution is -2.18. The monoisotopic (exact) mass is 262 g/mol. The number of benzene rings is 1. The Kier molecular flexibility index (Phi) is 3.76. The quantitative estimate of drug-likeness (QED) is 0.789. The third-order valence-electron chi connectivity index (χ3n) is 3.06. The standard InChI is InChI=1S/C14H18N2O3/c1-8-10(3)19-14(16-8)7-15-9(2)11-4-12(17)6-13(18)5-11/h4-6,9,15,17-18H,7H2,1-3H3. The summed E-state index contributed by atoms with van der Waals surface area (Å²) in [5.74, 6) is 1.55. The minimum atomic E-state index is -0.0366. The molecule has 102 valence electrons. The maximum Gasteiger partial charge on any atom is 0.208 e. The minimum absolute atomic E-state index is 0.0366. The summed E-state index contributed by atoms with van der Waals surface area (Å²) >= 11 is 0. The van der Waals surface area contributed by atoms with Gasteiger partial charge in [-0.15, -0.1) is 0 Å². The summed E-state index contributed by atoms with van der Waals surface area (Å²) in [5, 5.41) is 22.1. The van der Waals surface area contributed by atoms with Crippen molar-refractivity contribution < 1.29 is 14.6 Å². The SMILES string of the molecule is Cc1nc(CNC(C)c2cc(O)cc(O)c2)oc1C. The van der Waals surface area contributed by atoms with Gasteiger partial charge in [0.25, 0.3) is 0 Å². The zero-order valence-electron chi connectivity index (χ0n) is 11.3. The number of rotatable bonds is 4. The van der Waals surface area contributed by atoms with Gasteiger partial charge in [0, 0.05) is 12.1 Å². The number of nitrogens with one attached hydrogen (secondary N) is 1. The van der Waals surface area contributed by atoms with Gasteiger partial charge in [-0.3, -0.25) is 0 Å². The number of nitrogens with zero attached hydrogens (tertiary/aromatic N) is 1. The Morgan fingerprint density at radius 3 is 2.37 bits per heavy atom. The van der Waals surface area contributed by atoms with Gasteiger partial charge in [-0.1, -0.05) is 0 Å². The van der Waals surface area contributed by atoms with E-state index in [-0.39, 0.29) is 17.5 Å². The van der Waals surface area contributed by atoms with Gasteiger partial charge in [0.1, 0.15) is 17.3 Å². The molecule has 0 saturated heterocycles. The first-order chi connectivity index (χ1) is 8.95. The molecule has 0 aliphatic rings. The van der Waals surface area contributed by atoms with Crippen LogP contribution in [0.25, 0.3) is 0 Å². The molecule has 1 aromatic heterocycles. The highest BCUT2D eigenvalue weighted by molar-refractivity contribution is 5.37. The summed E-state index contributed by atoms with van der Waals surface area (Å²) in [6.45, 7) is 6.21. The second-order valence-corrected chi connectivity index (χ2v) is 4.63. The Hall–Kier alpha value is -2.01. The van der Waals surface area contributed by atoms with Crippen molar-refractivity contribution in [2.24, 2.45) is 0 Å². The molecule has 19 heavy (non-hydrogen) atoms. The lowest BCUT2D eigenvalue weighted by molar-refractivity contribution is 0.427. The van der Waals surface area contributed by atoms with E-state index in [1.807, 2.05) is 20.8 Å². The smallest absolute Gasteiger partial charge is 0.208 e. The molecule has 2 aromatic rings. The molecule has 0 aliphatic heterocycles. The molecule has 3 N–H and O–H groups in total. The molecular weight excluding hydrogens is 244 g/mol. The van der Waals surface area contributed by atoms with Crippen LogP contribution < -0.4 is 5.32 Å². The Labute approximate surface area is 111 Å². The van der Waals surface area contributed by atoms with Crippen LogP contribution in [0.4, 0.5) is 0 Å². The van der Waals surface area contributed by atoms with Gasteiger partial charge in [0.2, 0.25) is 5.89 Å². The van der Waals surface area contributed by atoms with E-state index in [2.05, 4.69) is 10.3 Å². The highest BCUT2D eigenvalue weighted by Crippen LogP contribution is 2.24. The molecule has 1 unspecified atom stereocenters. The maximum absolute atomic E-state index is 9.45. The summed E-state index contributed by atoms with van der Waals surface area (Å²) in [6.07, 6.45) is 0. The summed E-state index contributed by atoms with van der Waals surface area (Å²) < 4.78 is 5.48. The number of oxazole rings is 1. The van der Waals surface area contributed by atoms with E-state index in [4.69, 9.17) is 4.42 Å². The highest BCUT2D eigenvalue weighted by Gasteiger charge is 2.10. The summed E-state index contributed by atoms with van der Waals surface area (Å²) in [4.78, 5) is 4.28.